The van der Waals surface area contributed by atoms with E-state index in [1.165, 1.54) is 6.07 Å². The Labute approximate surface area is 89.7 Å². The lowest BCUT2D eigenvalue weighted by Crippen LogP contribution is -2.22. The molecule has 0 aromatic heterocycles. The summed E-state index contributed by atoms with van der Waals surface area (Å²) in [5.74, 6) is -0.583. The van der Waals surface area contributed by atoms with Gasteiger partial charge < -0.3 is 16.2 Å². The van der Waals surface area contributed by atoms with Gasteiger partial charge >= 0.3 is 6.18 Å². The van der Waals surface area contributed by atoms with Crippen LogP contribution in [0.5, 0.6) is 5.75 Å². The van der Waals surface area contributed by atoms with E-state index in [2.05, 4.69) is 9.73 Å². The molecule has 0 saturated carbocycles. The number of benzene rings is 1. The summed E-state index contributed by atoms with van der Waals surface area (Å²) in [5.41, 5.74) is 9.24. The molecule has 88 valence electrons. The van der Waals surface area contributed by atoms with E-state index >= 15 is 0 Å². The summed E-state index contributed by atoms with van der Waals surface area (Å²) in [4.78, 5) is 3.53. The van der Waals surface area contributed by atoms with Crippen LogP contribution in [0.15, 0.2) is 23.2 Å². The smallest absolute Gasteiger partial charge is 0.420 e. The topological polar surface area (TPSA) is 73.6 Å². The Kier molecular flexibility index (Phi) is 3.26. The minimum absolute atomic E-state index is 0.0214. The highest BCUT2D eigenvalue weighted by molar-refractivity contribution is 5.79. The van der Waals surface area contributed by atoms with Crippen molar-refractivity contribution in [1.82, 2.24) is 0 Å². The van der Waals surface area contributed by atoms with Crippen molar-refractivity contribution in [2.24, 2.45) is 16.5 Å². The normalized spacial score (nSPS) is 11.0. The number of halogens is 3. The van der Waals surface area contributed by atoms with Gasteiger partial charge in [-0.25, -0.2) is 4.99 Å². The third kappa shape index (κ3) is 2.78. The summed E-state index contributed by atoms with van der Waals surface area (Å²) in [6.45, 7) is 0. The number of nitrogens with two attached hydrogens (primary N) is 2. The molecule has 1 aromatic rings. The van der Waals surface area contributed by atoms with Crippen molar-refractivity contribution in [1.29, 1.82) is 0 Å². The maximum absolute atomic E-state index is 12.6. The lowest BCUT2D eigenvalue weighted by molar-refractivity contribution is -0.138. The average Bonchev–Trinajstić information content (AvgIpc) is 2.15. The van der Waals surface area contributed by atoms with Crippen LogP contribution in [0, 0.1) is 0 Å². The van der Waals surface area contributed by atoms with E-state index in [-0.39, 0.29) is 17.4 Å². The first kappa shape index (κ1) is 12.2. The van der Waals surface area contributed by atoms with Gasteiger partial charge in [0.25, 0.3) is 0 Å². The van der Waals surface area contributed by atoms with Crippen LogP contribution in [0.2, 0.25) is 0 Å². The van der Waals surface area contributed by atoms with Gasteiger partial charge in [-0.05, 0) is 18.2 Å². The fourth-order valence-corrected chi connectivity index (χ4v) is 1.14. The maximum Gasteiger partial charge on any atom is 0.420 e. The van der Waals surface area contributed by atoms with Crippen LogP contribution in [0.3, 0.4) is 0 Å². The summed E-state index contributed by atoms with van der Waals surface area (Å²) >= 11 is 0. The van der Waals surface area contributed by atoms with E-state index in [1.54, 1.807) is 0 Å². The quantitative estimate of drug-likeness (QED) is 0.602. The van der Waals surface area contributed by atoms with Crippen LogP contribution in [0.4, 0.5) is 18.9 Å². The highest BCUT2D eigenvalue weighted by Gasteiger charge is 2.34. The average molecular weight is 233 g/mol. The highest BCUT2D eigenvalue weighted by atomic mass is 19.4. The molecule has 0 bridgehead atoms. The Hall–Kier alpha value is -1.92. The third-order valence-electron chi connectivity index (χ3n) is 1.75. The molecule has 7 heteroatoms. The molecule has 4 nitrogen and oxygen atoms in total. The van der Waals surface area contributed by atoms with Crippen LogP contribution >= 0.6 is 0 Å². The van der Waals surface area contributed by atoms with Gasteiger partial charge in [0.05, 0.1) is 18.4 Å². The second-order valence-corrected chi connectivity index (χ2v) is 2.92. The molecule has 0 atom stereocenters. The number of aliphatic imine (C=N–C) groups is 1. The number of nitrogens with zero attached hydrogens (tertiary/aromatic N) is 1. The third-order valence-corrected chi connectivity index (χ3v) is 1.75. The van der Waals surface area contributed by atoms with Gasteiger partial charge in [0, 0.05) is 0 Å². The Morgan fingerprint density at radius 2 is 1.94 bits per heavy atom. The van der Waals surface area contributed by atoms with E-state index in [0.29, 0.717) is 0 Å². The summed E-state index contributed by atoms with van der Waals surface area (Å²) in [7, 11) is 1.16. The Morgan fingerprint density at radius 3 is 2.38 bits per heavy atom. The standard InChI is InChI=1S/C9H10F3N3O/c1-16-7-3-2-5(15-8(13)14)4-6(7)9(10,11)12/h2-4H,1H3,(H4,13,14,15). The number of hydrogen-bond acceptors (Lipinski definition) is 2. The van der Waals surface area contributed by atoms with Gasteiger partial charge in [0.15, 0.2) is 5.96 Å². The van der Waals surface area contributed by atoms with Gasteiger partial charge in [-0.3, -0.25) is 0 Å². The number of alkyl halides is 3. The molecule has 1 rings (SSSR count). The molecule has 4 N–H and O–H groups in total. The first-order chi connectivity index (χ1) is 7.34. The van der Waals surface area contributed by atoms with Gasteiger partial charge in [0.2, 0.25) is 0 Å². The lowest BCUT2D eigenvalue weighted by Gasteiger charge is -2.12. The predicted octanol–water partition coefficient (Wildman–Crippen LogP) is 1.62. The molecule has 0 spiro atoms. The predicted molar refractivity (Wildman–Crippen MR) is 53.5 cm³/mol. The first-order valence-electron chi connectivity index (χ1n) is 4.19. The zero-order chi connectivity index (χ0) is 12.3. The second-order valence-electron chi connectivity index (χ2n) is 2.92. The molecule has 0 radical (unpaired) electrons. The van der Waals surface area contributed by atoms with Gasteiger partial charge in [-0.15, -0.1) is 0 Å². The van der Waals surface area contributed by atoms with Crippen molar-refractivity contribution < 1.29 is 17.9 Å². The molecule has 0 unspecified atom stereocenters. The van der Waals surface area contributed by atoms with E-state index in [0.717, 1.165) is 19.2 Å². The zero-order valence-electron chi connectivity index (χ0n) is 8.38. The lowest BCUT2D eigenvalue weighted by atomic mass is 10.1. The van der Waals surface area contributed by atoms with Crippen molar-refractivity contribution in [2.45, 2.75) is 6.18 Å². The molecule has 0 aliphatic carbocycles. The molecule has 1 aromatic carbocycles. The van der Waals surface area contributed by atoms with Crippen LogP contribution in [0.25, 0.3) is 0 Å². The number of rotatable bonds is 2. The summed E-state index contributed by atoms with van der Waals surface area (Å²) in [6, 6.07) is 3.30. The van der Waals surface area contributed by atoms with Crippen molar-refractivity contribution in [3.8, 4) is 5.75 Å². The molecular formula is C9H10F3N3O. The monoisotopic (exact) mass is 233 g/mol. The minimum Gasteiger partial charge on any atom is -0.496 e. The number of hydrogen-bond donors (Lipinski definition) is 2. The van der Waals surface area contributed by atoms with Crippen LogP contribution in [-0.2, 0) is 6.18 Å². The summed E-state index contributed by atoms with van der Waals surface area (Å²) in [6.07, 6.45) is -4.51. The van der Waals surface area contributed by atoms with E-state index in [1.807, 2.05) is 0 Å². The van der Waals surface area contributed by atoms with Crippen LogP contribution < -0.4 is 16.2 Å². The van der Waals surface area contributed by atoms with E-state index in [4.69, 9.17) is 11.5 Å². The largest absolute Gasteiger partial charge is 0.496 e. The van der Waals surface area contributed by atoms with Gasteiger partial charge in [0.1, 0.15) is 5.75 Å². The molecule has 0 saturated heterocycles. The number of methoxy groups -OCH3 is 1. The molecule has 0 fully saturated rings. The molecule has 0 aliphatic heterocycles. The van der Waals surface area contributed by atoms with Crippen molar-refractivity contribution in [3.05, 3.63) is 23.8 Å². The fourth-order valence-electron chi connectivity index (χ4n) is 1.14. The Morgan fingerprint density at radius 1 is 1.31 bits per heavy atom. The highest BCUT2D eigenvalue weighted by Crippen LogP contribution is 2.38. The molecule has 0 heterocycles. The molecular weight excluding hydrogens is 223 g/mol. The van der Waals surface area contributed by atoms with Gasteiger partial charge in [-0.2, -0.15) is 13.2 Å². The maximum atomic E-state index is 12.6. The minimum atomic E-state index is -4.51. The zero-order valence-corrected chi connectivity index (χ0v) is 8.38. The summed E-state index contributed by atoms with van der Waals surface area (Å²) in [5, 5.41) is 0. The molecule has 0 amide bonds. The van der Waals surface area contributed by atoms with Crippen LogP contribution in [0.1, 0.15) is 5.56 Å². The van der Waals surface area contributed by atoms with Crippen LogP contribution in [-0.4, -0.2) is 13.1 Å². The molecule has 16 heavy (non-hydrogen) atoms. The Bertz CT molecular complexity index is 411. The van der Waals surface area contributed by atoms with E-state index < -0.39 is 11.7 Å². The van der Waals surface area contributed by atoms with Crippen molar-refractivity contribution in [3.63, 3.8) is 0 Å². The summed E-state index contributed by atoms with van der Waals surface area (Å²) < 4.78 is 42.3. The Balaban J connectivity index is 3.27. The number of guanidine groups is 1. The SMILES string of the molecule is COc1ccc(N=C(N)N)cc1C(F)(F)F. The van der Waals surface area contributed by atoms with Crippen molar-refractivity contribution >= 4 is 11.6 Å². The first-order valence-corrected chi connectivity index (χ1v) is 4.19. The second kappa shape index (κ2) is 4.30. The fraction of sp³-hybridized carbons (Fsp3) is 0.222. The van der Waals surface area contributed by atoms with E-state index in [9.17, 15) is 13.2 Å². The molecule has 0 aliphatic rings. The number of ether oxygens (including phenoxy) is 1. The van der Waals surface area contributed by atoms with Crippen molar-refractivity contribution in [2.75, 3.05) is 7.11 Å². The van der Waals surface area contributed by atoms with Gasteiger partial charge in [-0.1, -0.05) is 0 Å².